The monoisotopic (exact) mass is 368 g/mol. The van der Waals surface area contributed by atoms with Crippen LogP contribution in [0.1, 0.15) is 24.2 Å². The van der Waals surface area contributed by atoms with Gasteiger partial charge in [-0.2, -0.15) is 0 Å². The van der Waals surface area contributed by atoms with E-state index in [0.29, 0.717) is 10.0 Å². The van der Waals surface area contributed by atoms with Crippen LogP contribution in [0.3, 0.4) is 0 Å². The predicted molar refractivity (Wildman–Crippen MR) is 78.0 cm³/mol. The van der Waals surface area contributed by atoms with Crippen molar-refractivity contribution in [3.05, 3.63) is 63.9 Å². The van der Waals surface area contributed by atoms with E-state index in [4.69, 9.17) is 4.74 Å². The summed E-state index contributed by atoms with van der Waals surface area (Å²) >= 11 is 3.30. The number of cyclic esters (lactones) is 1. The smallest absolute Gasteiger partial charge is 0.408 e. The van der Waals surface area contributed by atoms with Gasteiger partial charge in [-0.05, 0) is 47.1 Å². The summed E-state index contributed by atoms with van der Waals surface area (Å²) in [6.07, 6.45) is 1.43. The number of alkyl carbamates (subject to hydrolysis) is 1. The maximum atomic E-state index is 14.1. The molecule has 22 heavy (non-hydrogen) atoms. The molecule has 1 aliphatic rings. The van der Waals surface area contributed by atoms with E-state index in [1.165, 1.54) is 0 Å². The molecule has 7 heteroatoms. The Morgan fingerprint density at radius 3 is 2.82 bits per heavy atom. The van der Waals surface area contributed by atoms with Gasteiger partial charge in [-0.3, -0.25) is 4.98 Å². The molecule has 2 aromatic rings. The second-order valence-corrected chi connectivity index (χ2v) is 6.09. The van der Waals surface area contributed by atoms with Gasteiger partial charge in [0.1, 0.15) is 17.2 Å². The zero-order chi connectivity index (χ0) is 15.9. The number of hydrogen-bond acceptors (Lipinski definition) is 3. The Kier molecular flexibility index (Phi) is 3.60. The van der Waals surface area contributed by atoms with E-state index in [-0.39, 0.29) is 5.56 Å². The van der Waals surface area contributed by atoms with Crippen LogP contribution in [0.4, 0.5) is 13.6 Å². The molecule has 1 aromatic carbocycles. The highest BCUT2D eigenvalue weighted by molar-refractivity contribution is 9.10. The lowest BCUT2D eigenvalue weighted by molar-refractivity contribution is 0.109. The Labute approximate surface area is 133 Å². The summed E-state index contributed by atoms with van der Waals surface area (Å²) < 4.78 is 33.4. The van der Waals surface area contributed by atoms with Crippen molar-refractivity contribution in [1.29, 1.82) is 0 Å². The van der Waals surface area contributed by atoms with Gasteiger partial charge in [0, 0.05) is 28.0 Å². The fraction of sp³-hybridized carbons (Fsp3) is 0.200. The van der Waals surface area contributed by atoms with Crippen molar-refractivity contribution in [2.75, 3.05) is 0 Å². The molecule has 0 radical (unpaired) electrons. The van der Waals surface area contributed by atoms with Crippen LogP contribution in [0.2, 0.25) is 0 Å². The van der Waals surface area contributed by atoms with Gasteiger partial charge in [-0.1, -0.05) is 0 Å². The van der Waals surface area contributed by atoms with Crippen molar-refractivity contribution in [1.82, 2.24) is 10.3 Å². The van der Waals surface area contributed by atoms with E-state index >= 15 is 0 Å². The van der Waals surface area contributed by atoms with Gasteiger partial charge >= 0.3 is 6.09 Å². The first-order valence-electron chi connectivity index (χ1n) is 6.45. The summed E-state index contributed by atoms with van der Waals surface area (Å²) in [6.45, 7) is 1.68. The molecule has 2 atom stereocenters. The Morgan fingerprint density at radius 2 is 2.09 bits per heavy atom. The number of rotatable bonds is 2. The largest absolute Gasteiger partial charge is 0.438 e. The first-order valence-corrected chi connectivity index (χ1v) is 7.24. The zero-order valence-electron chi connectivity index (χ0n) is 11.4. The summed E-state index contributed by atoms with van der Waals surface area (Å²) in [5.41, 5.74) is -0.482. The van der Waals surface area contributed by atoms with E-state index in [0.717, 1.165) is 18.2 Å². The highest BCUT2D eigenvalue weighted by Crippen LogP contribution is 2.43. The first kappa shape index (κ1) is 14.9. The summed E-state index contributed by atoms with van der Waals surface area (Å²) in [5, 5.41) is 2.66. The van der Waals surface area contributed by atoms with Crippen molar-refractivity contribution in [3.8, 4) is 0 Å². The second-order valence-electron chi connectivity index (χ2n) is 5.17. The highest BCUT2D eigenvalue weighted by atomic mass is 79.9. The summed E-state index contributed by atoms with van der Waals surface area (Å²) in [5.74, 6) is -1.24. The molecule has 0 bridgehead atoms. The molecule has 1 amide bonds. The molecule has 1 saturated heterocycles. The average Bonchev–Trinajstić information content (AvgIpc) is 2.78. The van der Waals surface area contributed by atoms with E-state index < -0.39 is 29.4 Å². The van der Waals surface area contributed by atoms with Crippen molar-refractivity contribution < 1.29 is 18.3 Å². The minimum Gasteiger partial charge on any atom is -0.438 e. The molecule has 0 spiro atoms. The zero-order valence-corrected chi connectivity index (χ0v) is 13.0. The highest BCUT2D eigenvalue weighted by Gasteiger charge is 2.48. The summed E-state index contributed by atoms with van der Waals surface area (Å²) in [6, 6.07) is 4.80. The van der Waals surface area contributed by atoms with E-state index in [1.807, 2.05) is 0 Å². The third kappa shape index (κ3) is 2.45. The normalized spacial score (nSPS) is 24.0. The Morgan fingerprint density at radius 1 is 1.32 bits per heavy atom. The number of carbonyl (C=O) groups excluding carboxylic acids is 1. The minimum atomic E-state index is -1.07. The third-order valence-corrected chi connectivity index (χ3v) is 4.09. The molecule has 0 saturated carbocycles. The number of nitrogens with zero attached hydrogens (tertiary/aromatic N) is 1. The lowest BCUT2D eigenvalue weighted by Crippen LogP contribution is -2.39. The van der Waals surface area contributed by atoms with Gasteiger partial charge in [0.2, 0.25) is 0 Å². The maximum absolute atomic E-state index is 14.1. The van der Waals surface area contributed by atoms with Gasteiger partial charge < -0.3 is 10.1 Å². The van der Waals surface area contributed by atoms with Crippen molar-refractivity contribution >= 4 is 22.0 Å². The molecule has 4 nitrogen and oxygen atoms in total. The average molecular weight is 369 g/mol. The topological polar surface area (TPSA) is 51.2 Å². The van der Waals surface area contributed by atoms with E-state index in [1.54, 1.807) is 25.4 Å². The number of carbonyl (C=O) groups is 1. The van der Waals surface area contributed by atoms with Crippen LogP contribution in [-0.4, -0.2) is 11.1 Å². The van der Waals surface area contributed by atoms with Gasteiger partial charge in [-0.25, -0.2) is 13.6 Å². The molecule has 0 aliphatic carbocycles. The van der Waals surface area contributed by atoms with Gasteiger partial charge in [0.05, 0.1) is 0 Å². The number of halogens is 3. The molecular weight excluding hydrogens is 358 g/mol. The van der Waals surface area contributed by atoms with Crippen molar-refractivity contribution in [2.24, 2.45) is 0 Å². The molecule has 1 aliphatic heterocycles. The number of hydrogen-bond donors (Lipinski definition) is 1. The predicted octanol–water partition coefficient (Wildman–Crippen LogP) is 3.82. The summed E-state index contributed by atoms with van der Waals surface area (Å²) in [7, 11) is 0. The lowest BCUT2D eigenvalue weighted by Gasteiger charge is -2.29. The minimum absolute atomic E-state index is 0.0270. The van der Waals surface area contributed by atoms with E-state index in [9.17, 15) is 13.6 Å². The SMILES string of the molecule is C[C@]1(c2cncc(Br)c2)NC(=O)O[C@H]1c1cc(F)ccc1F. The number of aromatic nitrogens is 1. The van der Waals surface area contributed by atoms with E-state index in [2.05, 4.69) is 26.2 Å². The number of ether oxygens (including phenoxy) is 1. The van der Waals surface area contributed by atoms with Crippen LogP contribution in [0.5, 0.6) is 0 Å². The Hall–Kier alpha value is -2.02. The number of nitrogens with one attached hydrogen (secondary N) is 1. The van der Waals surface area contributed by atoms with Crippen LogP contribution >= 0.6 is 15.9 Å². The molecule has 2 heterocycles. The fourth-order valence-corrected chi connectivity index (χ4v) is 2.91. The molecule has 1 N–H and O–H groups in total. The fourth-order valence-electron chi connectivity index (χ4n) is 2.54. The number of pyridine rings is 1. The molecule has 1 aromatic heterocycles. The van der Waals surface area contributed by atoms with Gasteiger partial charge in [0.15, 0.2) is 6.10 Å². The molecular formula is C15H11BrF2N2O2. The quantitative estimate of drug-likeness (QED) is 0.876. The van der Waals surface area contributed by atoms with Gasteiger partial charge in [-0.15, -0.1) is 0 Å². The van der Waals surface area contributed by atoms with Crippen LogP contribution in [-0.2, 0) is 10.3 Å². The first-order chi connectivity index (χ1) is 10.4. The van der Waals surface area contributed by atoms with Crippen LogP contribution < -0.4 is 5.32 Å². The standard InChI is InChI=1S/C15H11BrF2N2O2/c1-15(8-4-9(16)7-19-6-8)13(22-14(21)20-15)11-5-10(17)2-3-12(11)18/h2-7,13H,1H3,(H,20,21)/t13-,15+/m0/s1. The molecule has 3 rings (SSSR count). The number of benzene rings is 1. The van der Waals surface area contributed by atoms with Crippen LogP contribution in [0.25, 0.3) is 0 Å². The summed E-state index contributed by atoms with van der Waals surface area (Å²) in [4.78, 5) is 15.8. The molecule has 1 fully saturated rings. The Balaban J connectivity index is 2.13. The van der Waals surface area contributed by atoms with Crippen LogP contribution in [0.15, 0.2) is 41.1 Å². The number of amides is 1. The molecule has 114 valence electrons. The second kappa shape index (κ2) is 5.31. The third-order valence-electron chi connectivity index (χ3n) is 3.66. The van der Waals surface area contributed by atoms with Crippen molar-refractivity contribution in [3.63, 3.8) is 0 Å². The molecule has 0 unspecified atom stereocenters. The van der Waals surface area contributed by atoms with Gasteiger partial charge in [0.25, 0.3) is 0 Å². The lowest BCUT2D eigenvalue weighted by atomic mass is 9.84. The van der Waals surface area contributed by atoms with Crippen molar-refractivity contribution in [2.45, 2.75) is 18.6 Å². The Bertz CT molecular complexity index is 756. The van der Waals surface area contributed by atoms with Crippen LogP contribution in [0, 0.1) is 11.6 Å². The maximum Gasteiger partial charge on any atom is 0.408 e.